The van der Waals surface area contributed by atoms with Crippen LogP contribution in [0.5, 0.6) is 0 Å². The Hall–Kier alpha value is -0.120. The molecule has 2 nitrogen and oxygen atoms in total. The van der Waals surface area contributed by atoms with Crippen LogP contribution in [0.3, 0.4) is 0 Å². The lowest BCUT2D eigenvalue weighted by Gasteiger charge is -1.95. The van der Waals surface area contributed by atoms with E-state index in [4.69, 9.17) is 5.73 Å². The average Bonchev–Trinajstić information content (AvgIpc) is 1.95. The van der Waals surface area contributed by atoms with Gasteiger partial charge in [0.05, 0.1) is 0 Å². The van der Waals surface area contributed by atoms with Crippen LogP contribution in [-0.2, 0) is 6.42 Å². The highest BCUT2D eigenvalue weighted by molar-refractivity contribution is 9.10. The molecule has 0 aliphatic heterocycles. The molecule has 1 aromatic heterocycles. The third-order valence-electron chi connectivity index (χ3n) is 1.22. The van der Waals surface area contributed by atoms with E-state index in [2.05, 4.69) is 20.9 Å². The topological polar surface area (TPSA) is 38.9 Å². The maximum atomic E-state index is 5.36. The molecule has 0 saturated heterocycles. The van der Waals surface area contributed by atoms with Gasteiger partial charge < -0.3 is 5.73 Å². The van der Waals surface area contributed by atoms with Gasteiger partial charge in [0, 0.05) is 6.20 Å². The molecule has 0 bridgehead atoms. The first-order valence-corrected chi connectivity index (χ1v) is 3.92. The highest BCUT2D eigenvalue weighted by Gasteiger charge is 1.90. The van der Waals surface area contributed by atoms with Crippen molar-refractivity contribution in [1.29, 1.82) is 0 Å². The molecule has 0 radical (unpaired) electrons. The number of halogens is 2. The summed E-state index contributed by atoms with van der Waals surface area (Å²) in [5.74, 6) is 0. The van der Waals surface area contributed by atoms with Crippen molar-refractivity contribution in [2.24, 2.45) is 5.73 Å². The number of aromatic nitrogens is 1. The molecule has 0 aliphatic rings. The summed E-state index contributed by atoms with van der Waals surface area (Å²) in [5, 5.41) is 0. The Labute approximate surface area is 80.7 Å². The Bertz CT molecular complexity index is 200. The summed E-state index contributed by atoms with van der Waals surface area (Å²) in [5.41, 5.74) is 6.54. The van der Waals surface area contributed by atoms with E-state index in [0.717, 1.165) is 11.0 Å². The minimum Gasteiger partial charge on any atom is -0.330 e. The maximum Gasteiger partial charge on any atom is 0.106 e. The standard InChI is InChI=1S/C7H9BrN2.ClH/c8-7-2-1-6(3-4-9)5-10-7;/h1-2,5H,3-4,9H2;1H. The number of pyridine rings is 1. The fraction of sp³-hybridized carbons (Fsp3) is 0.286. The first-order valence-electron chi connectivity index (χ1n) is 3.13. The predicted molar refractivity (Wildman–Crippen MR) is 51.9 cm³/mol. The van der Waals surface area contributed by atoms with Crippen molar-refractivity contribution in [2.75, 3.05) is 6.54 Å². The van der Waals surface area contributed by atoms with Crippen molar-refractivity contribution < 1.29 is 0 Å². The molecule has 1 rings (SSSR count). The van der Waals surface area contributed by atoms with Gasteiger partial charge in [-0.15, -0.1) is 12.4 Å². The second kappa shape index (κ2) is 5.52. The number of hydrogen-bond acceptors (Lipinski definition) is 2. The summed E-state index contributed by atoms with van der Waals surface area (Å²) < 4.78 is 0.869. The van der Waals surface area contributed by atoms with Crippen LogP contribution in [0.25, 0.3) is 0 Å². The normalized spacial score (nSPS) is 8.91. The van der Waals surface area contributed by atoms with Crippen LogP contribution in [0, 0.1) is 0 Å². The lowest BCUT2D eigenvalue weighted by atomic mass is 10.2. The second-order valence-electron chi connectivity index (χ2n) is 2.03. The van der Waals surface area contributed by atoms with E-state index in [1.54, 1.807) is 0 Å². The van der Waals surface area contributed by atoms with Crippen LogP contribution < -0.4 is 5.73 Å². The number of hydrogen-bond donors (Lipinski definition) is 1. The van der Waals surface area contributed by atoms with Crippen molar-refractivity contribution in [3.63, 3.8) is 0 Å². The third-order valence-corrected chi connectivity index (χ3v) is 1.69. The van der Waals surface area contributed by atoms with E-state index in [1.807, 2.05) is 18.3 Å². The quantitative estimate of drug-likeness (QED) is 0.796. The van der Waals surface area contributed by atoms with Crippen LogP contribution in [-0.4, -0.2) is 11.5 Å². The molecule has 0 atom stereocenters. The van der Waals surface area contributed by atoms with Crippen LogP contribution in [0.1, 0.15) is 5.56 Å². The van der Waals surface area contributed by atoms with Crippen molar-refractivity contribution in [3.05, 3.63) is 28.5 Å². The summed E-state index contributed by atoms with van der Waals surface area (Å²) in [6, 6.07) is 3.94. The van der Waals surface area contributed by atoms with Crippen molar-refractivity contribution >= 4 is 28.3 Å². The monoisotopic (exact) mass is 236 g/mol. The SMILES string of the molecule is Cl.NCCc1ccc(Br)nc1. The fourth-order valence-corrected chi connectivity index (χ4v) is 0.956. The first kappa shape index (κ1) is 10.9. The highest BCUT2D eigenvalue weighted by Crippen LogP contribution is 2.05. The lowest BCUT2D eigenvalue weighted by molar-refractivity contribution is 0.956. The third kappa shape index (κ3) is 3.70. The van der Waals surface area contributed by atoms with Gasteiger partial charge in [0.2, 0.25) is 0 Å². The van der Waals surface area contributed by atoms with Gasteiger partial charge in [-0.1, -0.05) is 6.07 Å². The molecule has 4 heteroatoms. The van der Waals surface area contributed by atoms with Crippen molar-refractivity contribution in [1.82, 2.24) is 4.98 Å². The second-order valence-corrected chi connectivity index (χ2v) is 2.84. The van der Waals surface area contributed by atoms with E-state index >= 15 is 0 Å². The van der Waals surface area contributed by atoms with Crippen molar-refractivity contribution in [2.45, 2.75) is 6.42 Å². The lowest BCUT2D eigenvalue weighted by Crippen LogP contribution is -2.02. The molecule has 1 aromatic rings. The van der Waals surface area contributed by atoms with E-state index in [1.165, 1.54) is 5.56 Å². The summed E-state index contributed by atoms with van der Waals surface area (Å²) in [4.78, 5) is 4.06. The number of nitrogens with two attached hydrogens (primary N) is 1. The van der Waals surface area contributed by atoms with Gasteiger partial charge in [0.15, 0.2) is 0 Å². The average molecular weight is 238 g/mol. The maximum absolute atomic E-state index is 5.36. The molecular weight excluding hydrogens is 227 g/mol. The molecule has 0 aromatic carbocycles. The summed E-state index contributed by atoms with van der Waals surface area (Å²) in [7, 11) is 0. The van der Waals surface area contributed by atoms with Gasteiger partial charge in [-0.2, -0.15) is 0 Å². The van der Waals surface area contributed by atoms with Gasteiger partial charge in [0.25, 0.3) is 0 Å². The van der Waals surface area contributed by atoms with Crippen LogP contribution >= 0.6 is 28.3 Å². The Morgan fingerprint density at radius 1 is 1.45 bits per heavy atom. The molecule has 0 fully saturated rings. The fourth-order valence-electron chi connectivity index (χ4n) is 0.721. The largest absolute Gasteiger partial charge is 0.330 e. The smallest absolute Gasteiger partial charge is 0.106 e. The Balaban J connectivity index is 0.000001000. The Morgan fingerprint density at radius 2 is 2.18 bits per heavy atom. The van der Waals surface area contributed by atoms with E-state index in [9.17, 15) is 0 Å². The number of nitrogens with zero attached hydrogens (tertiary/aromatic N) is 1. The van der Waals surface area contributed by atoms with Crippen LogP contribution in [0.2, 0.25) is 0 Å². The molecule has 0 spiro atoms. The summed E-state index contributed by atoms with van der Waals surface area (Å²) in [6.45, 7) is 0.684. The predicted octanol–water partition coefficient (Wildman–Crippen LogP) is 1.77. The zero-order chi connectivity index (χ0) is 7.40. The molecular formula is C7H10BrClN2. The Morgan fingerprint density at radius 3 is 2.64 bits per heavy atom. The summed E-state index contributed by atoms with van der Waals surface area (Å²) >= 11 is 3.25. The van der Waals surface area contributed by atoms with Crippen molar-refractivity contribution in [3.8, 4) is 0 Å². The zero-order valence-corrected chi connectivity index (χ0v) is 8.36. The van der Waals surface area contributed by atoms with Crippen LogP contribution in [0.15, 0.2) is 22.9 Å². The first-order chi connectivity index (χ1) is 4.83. The molecule has 1 heterocycles. The van der Waals surface area contributed by atoms with E-state index < -0.39 is 0 Å². The van der Waals surface area contributed by atoms with Gasteiger partial charge >= 0.3 is 0 Å². The van der Waals surface area contributed by atoms with E-state index in [0.29, 0.717) is 6.54 Å². The molecule has 0 saturated carbocycles. The molecule has 62 valence electrons. The summed E-state index contributed by atoms with van der Waals surface area (Å²) in [6.07, 6.45) is 2.73. The van der Waals surface area contributed by atoms with Crippen LogP contribution in [0.4, 0.5) is 0 Å². The van der Waals surface area contributed by atoms with E-state index in [-0.39, 0.29) is 12.4 Å². The van der Waals surface area contributed by atoms with Gasteiger partial charge in [-0.05, 0) is 40.5 Å². The minimum atomic E-state index is 0. The Kier molecular flexibility index (Phi) is 5.46. The molecule has 0 amide bonds. The highest BCUT2D eigenvalue weighted by atomic mass is 79.9. The van der Waals surface area contributed by atoms with Gasteiger partial charge in [-0.25, -0.2) is 4.98 Å². The van der Waals surface area contributed by atoms with Gasteiger partial charge in [0.1, 0.15) is 4.60 Å². The zero-order valence-electron chi connectivity index (χ0n) is 5.96. The minimum absolute atomic E-state index is 0. The molecule has 11 heavy (non-hydrogen) atoms. The molecule has 2 N–H and O–H groups in total. The number of rotatable bonds is 2. The van der Waals surface area contributed by atoms with Gasteiger partial charge in [-0.3, -0.25) is 0 Å². The molecule has 0 unspecified atom stereocenters. The molecule has 0 aliphatic carbocycles.